The molecule has 2 aliphatic rings. The first-order valence-electron chi connectivity index (χ1n) is 18.6. The van der Waals surface area contributed by atoms with Gasteiger partial charge in [-0.15, -0.1) is 0 Å². The zero-order valence-electron chi connectivity index (χ0n) is 30.8. The smallest absolute Gasteiger partial charge is 0.354 e. The van der Waals surface area contributed by atoms with Crippen LogP contribution in [0.3, 0.4) is 0 Å². The van der Waals surface area contributed by atoms with Crippen molar-refractivity contribution in [2.75, 3.05) is 20.8 Å². The van der Waals surface area contributed by atoms with Crippen LogP contribution in [0.4, 0.5) is 0 Å². The average Bonchev–Trinajstić information content (AvgIpc) is 3.75. The molecule has 8 rings (SSSR count). The van der Waals surface area contributed by atoms with Crippen LogP contribution < -0.4 is 9.47 Å². The number of ether oxygens (including phenoxy) is 3. The van der Waals surface area contributed by atoms with Crippen LogP contribution in [0.15, 0.2) is 84.9 Å². The number of carbonyl (C=O) groups is 2. The highest BCUT2D eigenvalue weighted by Gasteiger charge is 2.25. The van der Waals surface area contributed by atoms with Gasteiger partial charge in [-0.05, 0) is 116 Å². The van der Waals surface area contributed by atoms with Crippen LogP contribution in [0.2, 0.25) is 0 Å². The van der Waals surface area contributed by atoms with E-state index < -0.39 is 0 Å². The molecule has 6 aromatic rings. The van der Waals surface area contributed by atoms with Crippen molar-refractivity contribution < 1.29 is 23.8 Å². The van der Waals surface area contributed by atoms with E-state index in [2.05, 4.69) is 45.5 Å². The molecule has 7 heteroatoms. The molecule has 0 aliphatic heterocycles. The van der Waals surface area contributed by atoms with Crippen molar-refractivity contribution in [2.45, 2.75) is 78.3 Å². The first-order chi connectivity index (χ1) is 25.4. The summed E-state index contributed by atoms with van der Waals surface area (Å²) in [5, 5.41) is 2.06. The molecule has 0 amide bonds. The third-order valence-corrected chi connectivity index (χ3v) is 10.6. The van der Waals surface area contributed by atoms with Crippen LogP contribution in [0, 0.1) is 0 Å². The Kier molecular flexibility index (Phi) is 10.5. The number of rotatable bonds is 9. The highest BCUT2D eigenvalue weighted by molar-refractivity contribution is 6.02. The Morgan fingerprint density at radius 1 is 0.615 bits per heavy atom. The molecular formula is C45H48N2O5. The number of fused-ring (bicyclic) bond motifs is 6. The SMILES string of the molecule is CCOC(=O)c1cc2c(OC)cc3c(c2n1Cc1ccccc1)CCCC3.COc1cc2c(c3c1cc(C(C)=O)n3Cc1ccccc1)CCCC2. The number of methoxy groups -OCH3 is 2. The lowest BCUT2D eigenvalue weighted by atomic mass is 9.89. The van der Waals surface area contributed by atoms with Crippen molar-refractivity contribution in [3.05, 3.63) is 130 Å². The minimum Gasteiger partial charge on any atom is -0.496 e. The molecule has 0 spiro atoms. The van der Waals surface area contributed by atoms with Crippen molar-refractivity contribution >= 4 is 33.6 Å². The summed E-state index contributed by atoms with van der Waals surface area (Å²) in [6.45, 7) is 5.19. The zero-order valence-corrected chi connectivity index (χ0v) is 30.8. The minimum absolute atomic E-state index is 0.0961. The summed E-state index contributed by atoms with van der Waals surface area (Å²) in [4.78, 5) is 25.0. The molecule has 2 heterocycles. The third-order valence-electron chi connectivity index (χ3n) is 10.6. The molecule has 0 saturated carbocycles. The highest BCUT2D eigenvalue weighted by Crippen LogP contribution is 2.39. The van der Waals surface area contributed by atoms with Crippen molar-refractivity contribution in [3.8, 4) is 11.5 Å². The van der Waals surface area contributed by atoms with E-state index in [4.69, 9.17) is 14.2 Å². The predicted molar refractivity (Wildman–Crippen MR) is 207 cm³/mol. The molecule has 0 bridgehead atoms. The number of carbonyl (C=O) groups excluding carboxylic acids is 2. The molecule has 0 fully saturated rings. The van der Waals surface area contributed by atoms with Gasteiger partial charge in [-0.25, -0.2) is 4.79 Å². The largest absolute Gasteiger partial charge is 0.496 e. The quantitative estimate of drug-likeness (QED) is 0.111. The van der Waals surface area contributed by atoms with Gasteiger partial charge >= 0.3 is 5.97 Å². The van der Waals surface area contributed by atoms with Gasteiger partial charge < -0.3 is 23.3 Å². The summed E-state index contributed by atoms with van der Waals surface area (Å²) < 4.78 is 21.0. The van der Waals surface area contributed by atoms with Crippen molar-refractivity contribution in [1.82, 2.24) is 9.13 Å². The van der Waals surface area contributed by atoms with Gasteiger partial charge in [0.2, 0.25) is 0 Å². The number of aromatic nitrogens is 2. The number of hydrogen-bond donors (Lipinski definition) is 0. The second kappa shape index (κ2) is 15.5. The van der Waals surface area contributed by atoms with Crippen molar-refractivity contribution in [1.29, 1.82) is 0 Å². The Morgan fingerprint density at radius 3 is 1.50 bits per heavy atom. The maximum absolute atomic E-state index is 12.7. The fourth-order valence-electron chi connectivity index (χ4n) is 8.18. The second-order valence-electron chi connectivity index (χ2n) is 13.9. The molecule has 4 aromatic carbocycles. The minimum atomic E-state index is -0.281. The van der Waals surface area contributed by atoms with Crippen molar-refractivity contribution in [3.63, 3.8) is 0 Å². The van der Waals surface area contributed by atoms with E-state index in [1.807, 2.05) is 55.5 Å². The molecule has 0 N–H and O–H groups in total. The topological polar surface area (TPSA) is 71.7 Å². The summed E-state index contributed by atoms with van der Waals surface area (Å²) in [6, 6.07) is 28.9. The zero-order chi connectivity index (χ0) is 36.2. The van der Waals surface area contributed by atoms with Gasteiger partial charge in [-0.1, -0.05) is 60.7 Å². The van der Waals surface area contributed by atoms with E-state index in [0.717, 1.165) is 64.7 Å². The highest BCUT2D eigenvalue weighted by atomic mass is 16.5. The summed E-state index contributed by atoms with van der Waals surface area (Å²) in [7, 11) is 3.41. The van der Waals surface area contributed by atoms with Gasteiger partial charge in [0.05, 0.1) is 37.6 Å². The Balaban J connectivity index is 0.000000162. The van der Waals surface area contributed by atoms with Crippen molar-refractivity contribution in [2.24, 2.45) is 0 Å². The number of benzene rings is 4. The summed E-state index contributed by atoms with van der Waals surface area (Å²) in [5.74, 6) is 1.53. The van der Waals surface area contributed by atoms with Crippen LogP contribution >= 0.6 is 0 Å². The Bertz CT molecular complexity index is 2230. The Labute approximate surface area is 306 Å². The van der Waals surface area contributed by atoms with E-state index in [1.165, 1.54) is 59.0 Å². The summed E-state index contributed by atoms with van der Waals surface area (Å²) >= 11 is 0. The number of Topliss-reactive ketones (excluding diaryl/α,β-unsaturated/α-hetero) is 1. The molecular weight excluding hydrogens is 649 g/mol. The lowest BCUT2D eigenvalue weighted by Crippen LogP contribution is -2.14. The van der Waals surface area contributed by atoms with E-state index in [1.54, 1.807) is 21.1 Å². The molecule has 0 radical (unpaired) electrons. The van der Waals surface area contributed by atoms with Gasteiger partial charge in [0.25, 0.3) is 0 Å². The molecule has 2 aromatic heterocycles. The first kappa shape index (κ1) is 35.1. The molecule has 2 aliphatic carbocycles. The predicted octanol–water partition coefficient (Wildman–Crippen LogP) is 9.53. The van der Waals surface area contributed by atoms with E-state index >= 15 is 0 Å². The average molecular weight is 697 g/mol. The standard InChI is InChI=1S/C23H25NO3.C22H23NO2/c1-3-27-23(25)20-14-19-21(26-2)13-17-11-7-8-12-18(17)22(19)24(20)15-16-9-5-4-6-10-16;1-15(24)20-13-19-21(25-2)12-17-10-6-7-11-18(17)22(19)23(20)14-16-8-4-3-5-9-16/h4-6,9-10,13-14H,3,7-8,11-12,15H2,1-2H3;3-5,8-9,12-13H,6-7,10-11,14H2,1-2H3. The molecule has 0 saturated heterocycles. The monoisotopic (exact) mass is 696 g/mol. The Morgan fingerprint density at radius 2 is 1.06 bits per heavy atom. The third kappa shape index (κ3) is 6.84. The maximum Gasteiger partial charge on any atom is 0.354 e. The normalized spacial score (nSPS) is 13.5. The fourth-order valence-corrected chi connectivity index (χ4v) is 8.18. The molecule has 52 heavy (non-hydrogen) atoms. The van der Waals surface area contributed by atoms with Gasteiger partial charge in [-0.2, -0.15) is 0 Å². The first-order valence-corrected chi connectivity index (χ1v) is 18.6. The van der Waals surface area contributed by atoms with Gasteiger partial charge in [0.15, 0.2) is 5.78 Å². The molecule has 0 atom stereocenters. The molecule has 0 unspecified atom stereocenters. The van der Waals surface area contributed by atoms with Crippen LogP contribution in [0.5, 0.6) is 11.5 Å². The number of nitrogens with zero attached hydrogens (tertiary/aromatic N) is 2. The van der Waals surface area contributed by atoms with Crippen LogP contribution in [0.1, 0.15) is 93.9 Å². The summed E-state index contributed by atoms with van der Waals surface area (Å²) in [6.07, 6.45) is 9.08. The number of esters is 1. The molecule has 268 valence electrons. The van der Waals surface area contributed by atoms with E-state index in [-0.39, 0.29) is 11.8 Å². The van der Waals surface area contributed by atoms with Gasteiger partial charge in [0.1, 0.15) is 17.2 Å². The summed E-state index contributed by atoms with van der Waals surface area (Å²) in [5.41, 5.74) is 11.5. The molecule has 7 nitrogen and oxygen atoms in total. The number of aryl methyl sites for hydroxylation is 4. The lowest BCUT2D eigenvalue weighted by Gasteiger charge is -2.20. The number of ketones is 1. The van der Waals surface area contributed by atoms with Gasteiger partial charge in [0, 0.05) is 30.8 Å². The van der Waals surface area contributed by atoms with E-state index in [0.29, 0.717) is 25.4 Å². The number of hydrogen-bond acceptors (Lipinski definition) is 5. The lowest BCUT2D eigenvalue weighted by molar-refractivity contribution is 0.0515. The fraction of sp³-hybridized carbons (Fsp3) is 0.333. The maximum atomic E-state index is 12.7. The van der Waals surface area contributed by atoms with Gasteiger partial charge in [-0.3, -0.25) is 4.79 Å². The Hall–Kier alpha value is -5.30. The van der Waals surface area contributed by atoms with Crippen LogP contribution in [0.25, 0.3) is 21.8 Å². The van der Waals surface area contributed by atoms with Crippen LogP contribution in [-0.2, 0) is 43.5 Å². The van der Waals surface area contributed by atoms with Crippen LogP contribution in [-0.4, -0.2) is 41.7 Å². The van der Waals surface area contributed by atoms with E-state index in [9.17, 15) is 9.59 Å². The second-order valence-corrected chi connectivity index (χ2v) is 13.9.